The topological polar surface area (TPSA) is 58.9 Å². The molecule has 0 amide bonds. The third-order valence-corrected chi connectivity index (χ3v) is 2.60. The van der Waals surface area contributed by atoms with Gasteiger partial charge in [-0.1, -0.05) is 0 Å². The van der Waals surface area contributed by atoms with Crippen molar-refractivity contribution in [3.05, 3.63) is 16.1 Å². The highest BCUT2D eigenvalue weighted by Crippen LogP contribution is 2.42. The van der Waals surface area contributed by atoms with E-state index in [0.29, 0.717) is 21.5 Å². The maximum atomic E-state index is 9.52. The van der Waals surface area contributed by atoms with E-state index in [1.807, 2.05) is 0 Å². The van der Waals surface area contributed by atoms with E-state index in [0.717, 1.165) is 0 Å². The van der Waals surface area contributed by atoms with Crippen molar-refractivity contribution in [2.45, 2.75) is 6.61 Å². The van der Waals surface area contributed by atoms with Crippen LogP contribution in [-0.4, -0.2) is 24.4 Å². The van der Waals surface area contributed by atoms with Crippen LogP contribution < -0.4 is 9.47 Å². The van der Waals surface area contributed by atoms with Crippen LogP contribution in [0.1, 0.15) is 5.56 Å². The molecule has 2 N–H and O–H groups in total. The van der Waals surface area contributed by atoms with Crippen LogP contribution >= 0.6 is 15.9 Å². The van der Waals surface area contributed by atoms with Gasteiger partial charge in [-0.3, -0.25) is 0 Å². The van der Waals surface area contributed by atoms with Gasteiger partial charge in [-0.05, 0) is 15.9 Å². The first-order valence-corrected chi connectivity index (χ1v) is 4.68. The molecule has 1 aromatic rings. The third kappa shape index (κ3) is 1.78. The summed E-state index contributed by atoms with van der Waals surface area (Å²) in [6.07, 6.45) is 0. The summed E-state index contributed by atoms with van der Waals surface area (Å²) in [5.41, 5.74) is 0.333. The predicted octanol–water partition coefficient (Wildman–Crippen LogP) is 1.66. The van der Waals surface area contributed by atoms with Gasteiger partial charge < -0.3 is 19.7 Å². The Hall–Kier alpha value is -0.940. The van der Waals surface area contributed by atoms with E-state index in [-0.39, 0.29) is 12.4 Å². The van der Waals surface area contributed by atoms with E-state index in [1.165, 1.54) is 20.3 Å². The molecule has 0 radical (unpaired) electrons. The van der Waals surface area contributed by atoms with Crippen LogP contribution in [-0.2, 0) is 6.61 Å². The van der Waals surface area contributed by atoms with Gasteiger partial charge in [0.25, 0.3) is 0 Å². The molecule has 0 aromatic heterocycles. The smallest absolute Gasteiger partial charge is 0.146 e. The number of phenols is 1. The highest BCUT2D eigenvalue weighted by molar-refractivity contribution is 9.10. The Morgan fingerprint density at radius 1 is 1.36 bits per heavy atom. The van der Waals surface area contributed by atoms with Gasteiger partial charge >= 0.3 is 0 Å². The SMILES string of the molecule is COc1cc(O)c(CO)c(OC)c1Br. The zero-order chi connectivity index (χ0) is 10.7. The molecule has 0 atom stereocenters. The Balaban J connectivity index is 3.40. The minimum Gasteiger partial charge on any atom is -0.507 e. The van der Waals surface area contributed by atoms with Gasteiger partial charge in [0, 0.05) is 6.07 Å². The van der Waals surface area contributed by atoms with E-state index >= 15 is 0 Å². The number of hydrogen-bond acceptors (Lipinski definition) is 4. The quantitative estimate of drug-likeness (QED) is 0.870. The molecule has 0 spiro atoms. The van der Waals surface area contributed by atoms with Gasteiger partial charge in [0.2, 0.25) is 0 Å². The van der Waals surface area contributed by atoms with Crippen molar-refractivity contribution in [3.8, 4) is 17.2 Å². The number of aliphatic hydroxyl groups excluding tert-OH is 1. The molecular formula is C9H11BrO4. The number of benzene rings is 1. The van der Waals surface area contributed by atoms with Crippen LogP contribution in [0.25, 0.3) is 0 Å². The molecule has 0 fully saturated rings. The minimum absolute atomic E-state index is 0.0515. The minimum atomic E-state index is -0.294. The highest BCUT2D eigenvalue weighted by atomic mass is 79.9. The summed E-state index contributed by atoms with van der Waals surface area (Å²) in [7, 11) is 2.94. The predicted molar refractivity (Wildman–Crippen MR) is 54.8 cm³/mol. The van der Waals surface area contributed by atoms with Crippen LogP contribution in [0.5, 0.6) is 17.2 Å². The first kappa shape index (κ1) is 11.1. The van der Waals surface area contributed by atoms with Crippen molar-refractivity contribution >= 4 is 15.9 Å². The third-order valence-electron chi connectivity index (χ3n) is 1.85. The first-order chi connectivity index (χ1) is 6.65. The monoisotopic (exact) mass is 262 g/mol. The fourth-order valence-corrected chi connectivity index (χ4v) is 1.83. The number of rotatable bonds is 3. The second kappa shape index (κ2) is 4.52. The van der Waals surface area contributed by atoms with Gasteiger partial charge in [0.1, 0.15) is 21.7 Å². The lowest BCUT2D eigenvalue weighted by molar-refractivity contribution is 0.265. The normalized spacial score (nSPS) is 10.0. The molecule has 5 heteroatoms. The molecule has 0 bridgehead atoms. The summed E-state index contributed by atoms with van der Waals surface area (Å²) in [4.78, 5) is 0. The van der Waals surface area contributed by atoms with E-state index in [4.69, 9.17) is 14.6 Å². The molecule has 0 aliphatic carbocycles. The molecule has 0 unspecified atom stereocenters. The molecule has 0 aliphatic rings. The van der Waals surface area contributed by atoms with E-state index < -0.39 is 0 Å². The van der Waals surface area contributed by atoms with Crippen molar-refractivity contribution < 1.29 is 19.7 Å². The summed E-state index contributed by atoms with van der Waals surface area (Å²) >= 11 is 3.26. The molecule has 1 aromatic carbocycles. The Kier molecular flexibility index (Phi) is 3.60. The molecule has 0 heterocycles. The summed E-state index contributed by atoms with van der Waals surface area (Å²) < 4.78 is 10.6. The summed E-state index contributed by atoms with van der Waals surface area (Å²) in [5, 5.41) is 18.5. The van der Waals surface area contributed by atoms with E-state index in [9.17, 15) is 5.11 Å². The molecular weight excluding hydrogens is 252 g/mol. The summed E-state index contributed by atoms with van der Waals surface area (Å²) in [6.45, 7) is -0.294. The molecule has 78 valence electrons. The maximum absolute atomic E-state index is 9.52. The fourth-order valence-electron chi connectivity index (χ4n) is 1.15. The molecule has 0 saturated heterocycles. The number of ether oxygens (including phenoxy) is 2. The Labute approximate surface area is 90.2 Å². The lowest BCUT2D eigenvalue weighted by atomic mass is 10.2. The molecule has 0 saturated carbocycles. The molecule has 4 nitrogen and oxygen atoms in total. The molecule has 0 aliphatic heterocycles. The number of aliphatic hydroxyl groups is 1. The van der Waals surface area contributed by atoms with Gasteiger partial charge in [-0.25, -0.2) is 0 Å². The fraction of sp³-hybridized carbons (Fsp3) is 0.333. The number of halogens is 1. The summed E-state index contributed by atoms with van der Waals surface area (Å²) in [5.74, 6) is 0.783. The zero-order valence-corrected chi connectivity index (χ0v) is 9.46. The standard InChI is InChI=1S/C9H11BrO4/c1-13-7-3-6(12)5(4-11)9(14-2)8(7)10/h3,11-12H,4H2,1-2H3. The number of aromatic hydroxyl groups is 1. The van der Waals surface area contributed by atoms with Crippen molar-refractivity contribution in [1.82, 2.24) is 0 Å². The van der Waals surface area contributed by atoms with Crippen LogP contribution in [0.4, 0.5) is 0 Å². The lowest BCUT2D eigenvalue weighted by Gasteiger charge is -2.13. The average Bonchev–Trinajstić information content (AvgIpc) is 2.20. The first-order valence-electron chi connectivity index (χ1n) is 3.88. The average molecular weight is 263 g/mol. The Morgan fingerprint density at radius 2 is 2.00 bits per heavy atom. The van der Waals surface area contributed by atoms with Gasteiger partial charge in [-0.2, -0.15) is 0 Å². The van der Waals surface area contributed by atoms with Crippen LogP contribution in [0.3, 0.4) is 0 Å². The Bertz CT molecular complexity index is 338. The number of methoxy groups -OCH3 is 2. The largest absolute Gasteiger partial charge is 0.507 e. The van der Waals surface area contributed by atoms with E-state index in [2.05, 4.69) is 15.9 Å². The van der Waals surface area contributed by atoms with Crippen molar-refractivity contribution in [2.75, 3.05) is 14.2 Å². The zero-order valence-electron chi connectivity index (χ0n) is 7.87. The highest BCUT2D eigenvalue weighted by Gasteiger charge is 2.16. The van der Waals surface area contributed by atoms with Gasteiger partial charge in [0.15, 0.2) is 0 Å². The second-order valence-corrected chi connectivity index (χ2v) is 3.37. The van der Waals surface area contributed by atoms with E-state index in [1.54, 1.807) is 0 Å². The summed E-state index contributed by atoms with van der Waals surface area (Å²) in [6, 6.07) is 1.41. The van der Waals surface area contributed by atoms with Gasteiger partial charge in [0.05, 0.1) is 26.4 Å². The van der Waals surface area contributed by atoms with Crippen LogP contribution in [0.2, 0.25) is 0 Å². The molecule has 1 rings (SSSR count). The second-order valence-electron chi connectivity index (χ2n) is 2.58. The van der Waals surface area contributed by atoms with Gasteiger partial charge in [-0.15, -0.1) is 0 Å². The maximum Gasteiger partial charge on any atom is 0.146 e. The number of hydrogen-bond donors (Lipinski definition) is 2. The van der Waals surface area contributed by atoms with Crippen molar-refractivity contribution in [3.63, 3.8) is 0 Å². The Morgan fingerprint density at radius 3 is 2.43 bits per heavy atom. The molecule has 14 heavy (non-hydrogen) atoms. The van der Waals surface area contributed by atoms with Crippen molar-refractivity contribution in [1.29, 1.82) is 0 Å². The lowest BCUT2D eigenvalue weighted by Crippen LogP contribution is -1.96. The van der Waals surface area contributed by atoms with Crippen molar-refractivity contribution in [2.24, 2.45) is 0 Å². The van der Waals surface area contributed by atoms with Crippen LogP contribution in [0, 0.1) is 0 Å². The van der Waals surface area contributed by atoms with Crippen LogP contribution in [0.15, 0.2) is 10.5 Å².